The van der Waals surface area contributed by atoms with Crippen LogP contribution in [0.3, 0.4) is 0 Å². The van der Waals surface area contributed by atoms with Crippen LogP contribution >= 0.6 is 0 Å². The molecule has 4 nitrogen and oxygen atoms in total. The number of rotatable bonds is 4. The summed E-state index contributed by atoms with van der Waals surface area (Å²) in [5.74, 6) is 0.533. The van der Waals surface area contributed by atoms with E-state index in [1.165, 1.54) is 12.1 Å². The number of anilines is 2. The predicted molar refractivity (Wildman–Crippen MR) is 111 cm³/mol. The second-order valence-electron chi connectivity index (χ2n) is 8.83. The molecule has 28 heavy (non-hydrogen) atoms. The standard InChI is InChI=1S/C23H29FN2O2/c1-15-10-20-21(11-19(15)25-22(27)12-23(3,4)5)28-14-16(2)26(20)13-17-6-8-18(24)9-7-17/h6-11,16H,12-14H2,1-5H3,(H,25,27). The molecule has 0 saturated carbocycles. The Bertz CT molecular complexity index is 856. The van der Waals surface area contributed by atoms with Crippen molar-refractivity contribution in [3.8, 4) is 5.75 Å². The van der Waals surface area contributed by atoms with Crippen molar-refractivity contribution in [1.29, 1.82) is 0 Å². The molecule has 3 rings (SSSR count). The fourth-order valence-electron chi connectivity index (χ4n) is 3.39. The molecule has 2 aromatic rings. The highest BCUT2D eigenvalue weighted by atomic mass is 19.1. The van der Waals surface area contributed by atoms with Gasteiger partial charge < -0.3 is 15.0 Å². The molecule has 1 atom stereocenters. The molecule has 0 saturated heterocycles. The zero-order valence-electron chi connectivity index (χ0n) is 17.3. The smallest absolute Gasteiger partial charge is 0.224 e. The SMILES string of the molecule is Cc1cc2c(cc1NC(=O)CC(C)(C)C)OCC(C)N2Cc1ccc(F)cc1. The van der Waals surface area contributed by atoms with Gasteiger partial charge in [-0.05, 0) is 48.6 Å². The molecule has 0 aromatic heterocycles. The van der Waals surface area contributed by atoms with Gasteiger partial charge in [-0.1, -0.05) is 32.9 Å². The van der Waals surface area contributed by atoms with Gasteiger partial charge in [0.1, 0.15) is 18.2 Å². The minimum atomic E-state index is -0.231. The number of fused-ring (bicyclic) bond motifs is 1. The molecule has 0 radical (unpaired) electrons. The lowest BCUT2D eigenvalue weighted by molar-refractivity contribution is -0.117. The van der Waals surface area contributed by atoms with Crippen LogP contribution in [-0.2, 0) is 11.3 Å². The molecular weight excluding hydrogens is 355 g/mol. The molecule has 1 aliphatic rings. The molecule has 0 aliphatic carbocycles. The number of nitrogens with zero attached hydrogens (tertiary/aromatic N) is 1. The van der Waals surface area contributed by atoms with Gasteiger partial charge >= 0.3 is 0 Å². The summed E-state index contributed by atoms with van der Waals surface area (Å²) >= 11 is 0. The lowest BCUT2D eigenvalue weighted by Gasteiger charge is -2.37. The van der Waals surface area contributed by atoms with E-state index in [1.54, 1.807) is 0 Å². The summed E-state index contributed by atoms with van der Waals surface area (Å²) in [6.07, 6.45) is 0.456. The number of amides is 1. The monoisotopic (exact) mass is 384 g/mol. The third-order valence-corrected chi connectivity index (χ3v) is 4.86. The summed E-state index contributed by atoms with van der Waals surface area (Å²) in [5, 5.41) is 3.02. The van der Waals surface area contributed by atoms with Crippen molar-refractivity contribution in [2.45, 2.75) is 53.6 Å². The van der Waals surface area contributed by atoms with E-state index in [9.17, 15) is 9.18 Å². The van der Waals surface area contributed by atoms with Crippen molar-refractivity contribution in [3.63, 3.8) is 0 Å². The lowest BCUT2D eigenvalue weighted by Crippen LogP contribution is -2.40. The minimum Gasteiger partial charge on any atom is -0.489 e. The average Bonchev–Trinajstić information content (AvgIpc) is 2.59. The van der Waals surface area contributed by atoms with Gasteiger partial charge in [-0.3, -0.25) is 4.79 Å². The van der Waals surface area contributed by atoms with E-state index >= 15 is 0 Å². The van der Waals surface area contributed by atoms with E-state index in [4.69, 9.17) is 4.74 Å². The van der Waals surface area contributed by atoms with Crippen LogP contribution in [0.15, 0.2) is 36.4 Å². The molecule has 1 unspecified atom stereocenters. The highest BCUT2D eigenvalue weighted by molar-refractivity contribution is 5.92. The van der Waals surface area contributed by atoms with Crippen molar-refractivity contribution in [1.82, 2.24) is 0 Å². The van der Waals surface area contributed by atoms with Crippen LogP contribution in [0.5, 0.6) is 5.75 Å². The summed E-state index contributed by atoms with van der Waals surface area (Å²) in [5.41, 5.74) is 3.74. The molecule has 5 heteroatoms. The van der Waals surface area contributed by atoms with Crippen LogP contribution in [0, 0.1) is 18.2 Å². The van der Waals surface area contributed by atoms with Crippen LogP contribution in [0.25, 0.3) is 0 Å². The number of carbonyl (C=O) groups excluding carboxylic acids is 1. The first-order valence-electron chi connectivity index (χ1n) is 9.71. The van der Waals surface area contributed by atoms with Gasteiger partial charge in [0.05, 0.1) is 11.7 Å². The summed E-state index contributed by atoms with van der Waals surface area (Å²) in [6, 6.07) is 10.8. The topological polar surface area (TPSA) is 41.6 Å². The summed E-state index contributed by atoms with van der Waals surface area (Å²) in [6.45, 7) is 11.5. The molecule has 1 amide bonds. The Hall–Kier alpha value is -2.56. The Morgan fingerprint density at radius 2 is 1.93 bits per heavy atom. The number of halogens is 1. The zero-order chi connectivity index (χ0) is 20.5. The van der Waals surface area contributed by atoms with Gasteiger partial charge in [0.15, 0.2) is 0 Å². The third-order valence-electron chi connectivity index (χ3n) is 4.86. The first-order chi connectivity index (χ1) is 13.1. The van der Waals surface area contributed by atoms with Gasteiger partial charge in [0.2, 0.25) is 5.91 Å². The van der Waals surface area contributed by atoms with E-state index in [1.807, 2.05) is 45.9 Å². The number of aryl methyl sites for hydroxylation is 1. The second kappa shape index (κ2) is 7.82. The summed E-state index contributed by atoms with van der Waals surface area (Å²) < 4.78 is 19.2. The van der Waals surface area contributed by atoms with Gasteiger partial charge in [-0.25, -0.2) is 4.39 Å². The van der Waals surface area contributed by atoms with Crippen molar-refractivity contribution in [3.05, 3.63) is 53.3 Å². The maximum Gasteiger partial charge on any atom is 0.224 e. The Morgan fingerprint density at radius 1 is 1.25 bits per heavy atom. The molecule has 0 spiro atoms. The average molecular weight is 384 g/mol. The molecule has 1 aliphatic heterocycles. The Morgan fingerprint density at radius 3 is 2.57 bits per heavy atom. The first-order valence-corrected chi connectivity index (χ1v) is 9.71. The van der Waals surface area contributed by atoms with Gasteiger partial charge in [-0.15, -0.1) is 0 Å². The number of nitrogens with one attached hydrogen (secondary N) is 1. The number of ether oxygens (including phenoxy) is 1. The number of carbonyl (C=O) groups is 1. The van der Waals surface area contributed by atoms with Crippen molar-refractivity contribution >= 4 is 17.3 Å². The first kappa shape index (κ1) is 20.2. The molecular formula is C23H29FN2O2. The van der Waals surface area contributed by atoms with E-state index in [0.717, 1.165) is 28.3 Å². The maximum absolute atomic E-state index is 13.2. The van der Waals surface area contributed by atoms with E-state index in [0.29, 0.717) is 19.6 Å². The zero-order valence-corrected chi connectivity index (χ0v) is 17.3. The Kier molecular flexibility index (Phi) is 5.64. The highest BCUT2D eigenvalue weighted by Gasteiger charge is 2.26. The normalized spacial score (nSPS) is 16.4. The van der Waals surface area contributed by atoms with Crippen molar-refractivity contribution in [2.75, 3.05) is 16.8 Å². The van der Waals surface area contributed by atoms with E-state index in [-0.39, 0.29) is 23.2 Å². The molecule has 0 fully saturated rings. The number of benzene rings is 2. The number of hydrogen-bond donors (Lipinski definition) is 1. The van der Waals surface area contributed by atoms with Crippen LogP contribution in [0.2, 0.25) is 0 Å². The van der Waals surface area contributed by atoms with Crippen LogP contribution in [-0.4, -0.2) is 18.6 Å². The second-order valence-corrected chi connectivity index (χ2v) is 8.83. The summed E-state index contributed by atoms with van der Waals surface area (Å²) in [4.78, 5) is 14.6. The van der Waals surface area contributed by atoms with Crippen LogP contribution in [0.1, 0.15) is 45.2 Å². The van der Waals surface area contributed by atoms with Crippen molar-refractivity contribution in [2.24, 2.45) is 5.41 Å². The Labute approximate surface area is 166 Å². The van der Waals surface area contributed by atoms with Gasteiger partial charge in [0.25, 0.3) is 0 Å². The van der Waals surface area contributed by atoms with Crippen LogP contribution in [0.4, 0.5) is 15.8 Å². The Balaban J connectivity index is 1.84. The van der Waals surface area contributed by atoms with Gasteiger partial charge in [0, 0.05) is 24.7 Å². The highest BCUT2D eigenvalue weighted by Crippen LogP contribution is 2.39. The van der Waals surface area contributed by atoms with Gasteiger partial charge in [-0.2, -0.15) is 0 Å². The van der Waals surface area contributed by atoms with Crippen LogP contribution < -0.4 is 15.0 Å². The fourth-order valence-corrected chi connectivity index (χ4v) is 3.39. The quantitative estimate of drug-likeness (QED) is 0.778. The van der Waals surface area contributed by atoms with Crippen molar-refractivity contribution < 1.29 is 13.9 Å². The third kappa shape index (κ3) is 4.83. The lowest BCUT2D eigenvalue weighted by atomic mass is 9.92. The largest absolute Gasteiger partial charge is 0.489 e. The van der Waals surface area contributed by atoms with E-state index in [2.05, 4.69) is 23.2 Å². The molecule has 0 bridgehead atoms. The predicted octanol–water partition coefficient (Wildman–Crippen LogP) is 5.30. The number of hydrogen-bond acceptors (Lipinski definition) is 3. The van der Waals surface area contributed by atoms with E-state index < -0.39 is 0 Å². The molecule has 150 valence electrons. The maximum atomic E-state index is 13.2. The molecule has 2 aromatic carbocycles. The fraction of sp³-hybridized carbons (Fsp3) is 0.435. The molecule has 1 heterocycles. The summed E-state index contributed by atoms with van der Waals surface area (Å²) in [7, 11) is 0. The minimum absolute atomic E-state index is 0.00268. The molecule has 1 N–H and O–H groups in total.